The summed E-state index contributed by atoms with van der Waals surface area (Å²) in [5, 5.41) is 16.5. The molecule has 0 bridgehead atoms. The highest BCUT2D eigenvalue weighted by Gasteiger charge is 2.26. The standard InChI is InChI=1S/C28H36N6O8/c1-6-33-22(13-18(2)32-33)27-30-16-20(17-31-27)21-14-19(26(29)36)15-23(25(21)34(37)38)41-12-11-40-10-9-39-8-7-24(35)42-28(3,4)5/h13-17H,6-12H2,1-5H3,(H2,29,36). The highest BCUT2D eigenvalue weighted by Crippen LogP contribution is 2.39. The van der Waals surface area contributed by atoms with Crippen LogP contribution >= 0.6 is 0 Å². The molecule has 0 aliphatic heterocycles. The summed E-state index contributed by atoms with van der Waals surface area (Å²) in [4.78, 5) is 44.0. The zero-order valence-electron chi connectivity index (χ0n) is 24.4. The maximum Gasteiger partial charge on any atom is 0.318 e. The number of amides is 1. The van der Waals surface area contributed by atoms with Crippen molar-refractivity contribution in [3.8, 4) is 28.4 Å². The lowest BCUT2D eigenvalue weighted by Crippen LogP contribution is -2.24. The van der Waals surface area contributed by atoms with Crippen molar-refractivity contribution in [3.63, 3.8) is 0 Å². The minimum atomic E-state index is -0.782. The van der Waals surface area contributed by atoms with Crippen LogP contribution in [0.1, 0.15) is 50.2 Å². The maximum atomic E-state index is 12.1. The van der Waals surface area contributed by atoms with Crippen molar-refractivity contribution in [1.29, 1.82) is 0 Å². The number of hydrogen-bond acceptors (Lipinski definition) is 11. The second-order valence-corrected chi connectivity index (χ2v) is 10.2. The zero-order valence-corrected chi connectivity index (χ0v) is 24.4. The van der Waals surface area contributed by atoms with Crippen LogP contribution < -0.4 is 10.5 Å². The third kappa shape index (κ3) is 9.04. The summed E-state index contributed by atoms with van der Waals surface area (Å²) in [5.41, 5.74) is 6.50. The number of carbonyl (C=O) groups excluding carboxylic acids is 2. The van der Waals surface area contributed by atoms with Crippen LogP contribution in [0.3, 0.4) is 0 Å². The molecule has 14 nitrogen and oxygen atoms in total. The fourth-order valence-corrected chi connectivity index (χ4v) is 3.92. The number of hydrogen-bond donors (Lipinski definition) is 1. The minimum Gasteiger partial charge on any atom is -0.484 e. The second kappa shape index (κ2) is 14.5. The minimum absolute atomic E-state index is 0.0219. The largest absolute Gasteiger partial charge is 0.484 e. The van der Waals surface area contributed by atoms with Gasteiger partial charge in [-0.1, -0.05) is 0 Å². The van der Waals surface area contributed by atoms with Crippen molar-refractivity contribution in [3.05, 3.63) is 52.0 Å². The Kier molecular flexibility index (Phi) is 11.0. The molecule has 2 N–H and O–H groups in total. The Bertz CT molecular complexity index is 1400. The number of aryl methyl sites for hydroxylation is 2. The summed E-state index contributed by atoms with van der Waals surface area (Å²) < 4.78 is 23.4. The van der Waals surface area contributed by atoms with Crippen LogP contribution in [0.4, 0.5) is 5.69 Å². The predicted molar refractivity (Wildman–Crippen MR) is 152 cm³/mol. The monoisotopic (exact) mass is 584 g/mol. The molecule has 3 aromatic rings. The molecule has 226 valence electrons. The van der Waals surface area contributed by atoms with Gasteiger partial charge in [-0.05, 0) is 46.8 Å². The fraction of sp³-hybridized carbons (Fsp3) is 0.464. The van der Waals surface area contributed by atoms with Gasteiger partial charge in [0.05, 0.1) is 49.0 Å². The number of nitrogens with two attached hydrogens (primary N) is 1. The molecule has 2 heterocycles. The van der Waals surface area contributed by atoms with E-state index in [1.165, 1.54) is 24.5 Å². The molecular formula is C28H36N6O8. The molecule has 0 radical (unpaired) electrons. The first-order valence-corrected chi connectivity index (χ1v) is 13.4. The molecule has 1 amide bonds. The summed E-state index contributed by atoms with van der Waals surface area (Å²) in [5.74, 6) is -0.877. The molecule has 14 heteroatoms. The van der Waals surface area contributed by atoms with Gasteiger partial charge in [-0.2, -0.15) is 5.10 Å². The van der Waals surface area contributed by atoms with Crippen molar-refractivity contribution in [2.45, 2.75) is 53.2 Å². The molecule has 2 aromatic heterocycles. The van der Waals surface area contributed by atoms with Crippen LogP contribution in [0.15, 0.2) is 30.6 Å². The van der Waals surface area contributed by atoms with Crippen LogP contribution in [-0.2, 0) is 25.5 Å². The summed E-state index contributed by atoms with van der Waals surface area (Å²) >= 11 is 0. The highest BCUT2D eigenvalue weighted by molar-refractivity contribution is 5.96. The third-order valence-corrected chi connectivity index (χ3v) is 5.66. The van der Waals surface area contributed by atoms with Gasteiger partial charge in [-0.25, -0.2) is 9.97 Å². The number of rotatable bonds is 15. The van der Waals surface area contributed by atoms with Gasteiger partial charge in [0.15, 0.2) is 11.6 Å². The topological polar surface area (TPSA) is 184 Å². The molecule has 3 rings (SSSR count). The summed E-state index contributed by atoms with van der Waals surface area (Å²) in [6, 6.07) is 4.39. The van der Waals surface area contributed by atoms with E-state index in [4.69, 9.17) is 24.7 Å². The van der Waals surface area contributed by atoms with Gasteiger partial charge in [0.1, 0.15) is 17.9 Å². The summed E-state index contributed by atoms with van der Waals surface area (Å²) in [6.45, 7) is 10.5. The number of nitrogens with zero attached hydrogens (tertiary/aromatic N) is 5. The SMILES string of the molecule is CCn1nc(C)cc1-c1ncc(-c2cc(C(N)=O)cc(OCCOCCOCCC(=O)OC(C)(C)C)c2[N+](=O)[O-])cn1. The molecule has 0 atom stereocenters. The van der Waals surface area contributed by atoms with Gasteiger partial charge in [-0.15, -0.1) is 0 Å². The molecule has 0 fully saturated rings. The molecular weight excluding hydrogens is 548 g/mol. The Balaban J connectivity index is 1.65. The van der Waals surface area contributed by atoms with Crippen LogP contribution in [0.25, 0.3) is 22.6 Å². The average Bonchev–Trinajstić information content (AvgIpc) is 3.31. The van der Waals surface area contributed by atoms with Gasteiger partial charge >= 0.3 is 11.7 Å². The Labute approximate surface area is 243 Å². The number of esters is 1. The molecule has 0 aliphatic carbocycles. The van der Waals surface area contributed by atoms with Crippen LogP contribution in [0.2, 0.25) is 0 Å². The number of nitro benzene ring substituents is 1. The lowest BCUT2D eigenvalue weighted by molar-refractivity contribution is -0.385. The van der Waals surface area contributed by atoms with Crippen molar-refractivity contribution >= 4 is 17.6 Å². The van der Waals surface area contributed by atoms with E-state index in [9.17, 15) is 19.7 Å². The van der Waals surface area contributed by atoms with E-state index in [1.54, 1.807) is 25.5 Å². The van der Waals surface area contributed by atoms with Crippen LogP contribution in [0.5, 0.6) is 5.75 Å². The van der Waals surface area contributed by atoms with Gasteiger partial charge in [0.2, 0.25) is 5.91 Å². The van der Waals surface area contributed by atoms with Crippen LogP contribution in [0, 0.1) is 17.0 Å². The molecule has 0 aliphatic rings. The fourth-order valence-electron chi connectivity index (χ4n) is 3.92. The molecule has 0 saturated heterocycles. The lowest BCUT2D eigenvalue weighted by Gasteiger charge is -2.19. The van der Waals surface area contributed by atoms with Crippen molar-refractivity contribution in [2.24, 2.45) is 5.73 Å². The van der Waals surface area contributed by atoms with Crippen molar-refractivity contribution in [1.82, 2.24) is 19.7 Å². The van der Waals surface area contributed by atoms with E-state index in [1.807, 2.05) is 19.9 Å². The molecule has 1 aromatic carbocycles. The van der Waals surface area contributed by atoms with Gasteiger partial charge in [0.25, 0.3) is 0 Å². The number of nitro groups is 1. The van der Waals surface area contributed by atoms with Gasteiger partial charge in [0, 0.05) is 36.1 Å². The van der Waals surface area contributed by atoms with Crippen molar-refractivity contribution < 1.29 is 33.5 Å². The Morgan fingerprint density at radius 3 is 2.26 bits per heavy atom. The molecule has 0 unspecified atom stereocenters. The third-order valence-electron chi connectivity index (χ3n) is 5.66. The predicted octanol–water partition coefficient (Wildman–Crippen LogP) is 3.49. The number of ether oxygens (including phenoxy) is 4. The van der Waals surface area contributed by atoms with E-state index in [2.05, 4.69) is 15.1 Å². The first-order valence-electron chi connectivity index (χ1n) is 13.4. The maximum absolute atomic E-state index is 12.1. The van der Waals surface area contributed by atoms with E-state index >= 15 is 0 Å². The van der Waals surface area contributed by atoms with Crippen LogP contribution in [-0.4, -0.2) is 75.2 Å². The molecule has 42 heavy (non-hydrogen) atoms. The Morgan fingerprint density at radius 2 is 1.67 bits per heavy atom. The van der Waals surface area contributed by atoms with Gasteiger partial charge < -0.3 is 24.7 Å². The number of benzene rings is 1. The second-order valence-electron chi connectivity index (χ2n) is 10.2. The van der Waals surface area contributed by atoms with E-state index < -0.39 is 16.4 Å². The lowest BCUT2D eigenvalue weighted by atomic mass is 10.0. The molecule has 0 spiro atoms. The number of aromatic nitrogens is 4. The number of primary amides is 1. The average molecular weight is 585 g/mol. The van der Waals surface area contributed by atoms with E-state index in [0.717, 1.165) is 5.69 Å². The molecule has 0 saturated carbocycles. The summed E-state index contributed by atoms with van der Waals surface area (Å²) in [6.07, 6.45) is 3.00. The van der Waals surface area contributed by atoms with Crippen molar-refractivity contribution in [2.75, 3.05) is 33.0 Å². The first-order chi connectivity index (χ1) is 19.9. The first kappa shape index (κ1) is 32.1. The zero-order chi connectivity index (χ0) is 30.9. The Hall–Kier alpha value is -4.43. The summed E-state index contributed by atoms with van der Waals surface area (Å²) in [7, 11) is 0. The highest BCUT2D eigenvalue weighted by atomic mass is 16.6. The van der Waals surface area contributed by atoms with Gasteiger partial charge in [-0.3, -0.25) is 24.4 Å². The quantitative estimate of drug-likeness (QED) is 0.119. The normalized spacial score (nSPS) is 11.4. The Morgan fingerprint density at radius 1 is 1.02 bits per heavy atom. The number of carbonyl (C=O) groups is 2. The van der Waals surface area contributed by atoms with E-state index in [-0.39, 0.29) is 68.0 Å². The smallest absolute Gasteiger partial charge is 0.318 e. The van der Waals surface area contributed by atoms with E-state index in [0.29, 0.717) is 23.6 Å².